The summed E-state index contributed by atoms with van der Waals surface area (Å²) in [5, 5.41) is 2.87. The Balaban J connectivity index is 2.04. The summed E-state index contributed by atoms with van der Waals surface area (Å²) in [6, 6.07) is 0. The lowest BCUT2D eigenvalue weighted by Crippen LogP contribution is -2.69. The summed E-state index contributed by atoms with van der Waals surface area (Å²) in [5.41, 5.74) is -3.58. The van der Waals surface area contributed by atoms with Crippen molar-refractivity contribution in [2.75, 3.05) is 33.3 Å². The van der Waals surface area contributed by atoms with Gasteiger partial charge in [-0.1, -0.05) is 0 Å². The summed E-state index contributed by atoms with van der Waals surface area (Å²) < 4.78 is 24.6. The molecule has 7 heteroatoms. The van der Waals surface area contributed by atoms with Gasteiger partial charge in [-0.25, -0.2) is 14.0 Å². The first kappa shape index (κ1) is 15.0. The van der Waals surface area contributed by atoms with Crippen LogP contribution in [0.1, 0.15) is 20.8 Å². The van der Waals surface area contributed by atoms with Gasteiger partial charge in [-0.2, -0.15) is 0 Å². The second kappa shape index (κ2) is 4.58. The number of alkyl halides is 1. The van der Waals surface area contributed by atoms with Gasteiger partial charge in [-0.3, -0.25) is 0 Å². The molecule has 0 aromatic heterocycles. The van der Waals surface area contributed by atoms with E-state index in [1.54, 1.807) is 20.8 Å². The third kappa shape index (κ3) is 2.24. The van der Waals surface area contributed by atoms with E-state index in [9.17, 15) is 14.0 Å². The molecule has 0 aromatic carbocycles. The van der Waals surface area contributed by atoms with Gasteiger partial charge in [-0.15, -0.1) is 0 Å². The van der Waals surface area contributed by atoms with E-state index >= 15 is 0 Å². The number of carbonyl (C=O) groups is 2. The molecular weight excluding hydrogens is 267 g/mol. The molecule has 0 aliphatic carbocycles. The zero-order chi connectivity index (χ0) is 15.2. The summed E-state index contributed by atoms with van der Waals surface area (Å²) in [6.45, 7) is 5.88. The van der Waals surface area contributed by atoms with Gasteiger partial charge >= 0.3 is 12.1 Å². The summed E-state index contributed by atoms with van der Waals surface area (Å²) in [6.07, 6.45) is -0.484. The van der Waals surface area contributed by atoms with Gasteiger partial charge in [-0.05, 0) is 20.8 Å². The minimum Gasteiger partial charge on any atom is -0.467 e. The summed E-state index contributed by atoms with van der Waals surface area (Å²) in [5.74, 6) is -0.883. The zero-order valence-electron chi connectivity index (χ0n) is 12.3. The predicted molar refractivity (Wildman–Crippen MR) is 69.0 cm³/mol. The molecule has 2 fully saturated rings. The van der Waals surface area contributed by atoms with Gasteiger partial charge in [0.15, 0.2) is 0 Å². The van der Waals surface area contributed by atoms with Gasteiger partial charge in [0.2, 0.25) is 5.67 Å². The van der Waals surface area contributed by atoms with Crippen LogP contribution in [0.5, 0.6) is 0 Å². The molecular formula is C13H21FN2O4. The van der Waals surface area contributed by atoms with Crippen molar-refractivity contribution >= 4 is 12.1 Å². The van der Waals surface area contributed by atoms with E-state index in [-0.39, 0.29) is 19.6 Å². The highest BCUT2D eigenvalue weighted by Crippen LogP contribution is 2.46. The predicted octanol–water partition coefficient (Wildman–Crippen LogP) is 0.708. The van der Waals surface area contributed by atoms with Crippen LogP contribution in [0.4, 0.5) is 9.18 Å². The van der Waals surface area contributed by atoms with E-state index in [1.807, 2.05) is 0 Å². The first-order valence-electron chi connectivity index (χ1n) is 6.60. The molecule has 1 atom stereocenters. The first-order chi connectivity index (χ1) is 9.13. The molecule has 2 saturated heterocycles. The minimum absolute atomic E-state index is 0.0815. The quantitative estimate of drug-likeness (QED) is 0.720. The lowest BCUT2D eigenvalue weighted by Gasteiger charge is -2.51. The number of carbonyl (C=O) groups excluding carboxylic acids is 2. The van der Waals surface area contributed by atoms with Crippen LogP contribution in [0, 0.1) is 5.41 Å². The number of rotatable bonds is 1. The van der Waals surface area contributed by atoms with Crippen LogP contribution in [-0.4, -0.2) is 61.5 Å². The number of halogens is 1. The third-order valence-corrected chi connectivity index (χ3v) is 3.82. The molecule has 0 saturated carbocycles. The number of nitrogens with zero attached hydrogens (tertiary/aromatic N) is 1. The van der Waals surface area contributed by atoms with Crippen molar-refractivity contribution in [3.63, 3.8) is 0 Å². The molecule has 1 N–H and O–H groups in total. The van der Waals surface area contributed by atoms with Crippen LogP contribution >= 0.6 is 0 Å². The molecule has 2 aliphatic rings. The van der Waals surface area contributed by atoms with Crippen LogP contribution in [0.25, 0.3) is 0 Å². The lowest BCUT2D eigenvalue weighted by atomic mass is 9.69. The van der Waals surface area contributed by atoms with Crippen LogP contribution in [0.3, 0.4) is 0 Å². The number of methoxy groups -OCH3 is 1. The number of esters is 1. The van der Waals surface area contributed by atoms with E-state index in [0.29, 0.717) is 6.54 Å². The number of hydrogen-bond acceptors (Lipinski definition) is 5. The molecule has 2 aliphatic heterocycles. The zero-order valence-corrected chi connectivity index (χ0v) is 12.3. The Kier molecular flexibility index (Phi) is 3.44. The highest BCUT2D eigenvalue weighted by atomic mass is 19.1. The highest BCUT2D eigenvalue weighted by Gasteiger charge is 2.67. The fourth-order valence-corrected chi connectivity index (χ4v) is 2.75. The van der Waals surface area contributed by atoms with Crippen LogP contribution in [0.2, 0.25) is 0 Å². The molecule has 1 amide bonds. The summed E-state index contributed by atoms with van der Waals surface area (Å²) in [4.78, 5) is 25.0. The smallest absolute Gasteiger partial charge is 0.410 e. The Morgan fingerprint density at radius 2 is 1.85 bits per heavy atom. The van der Waals surface area contributed by atoms with Gasteiger partial charge < -0.3 is 19.7 Å². The minimum atomic E-state index is -2.08. The van der Waals surface area contributed by atoms with E-state index in [1.165, 1.54) is 12.0 Å². The number of amides is 1. The van der Waals surface area contributed by atoms with Gasteiger partial charge in [0.05, 0.1) is 12.5 Å². The molecule has 20 heavy (non-hydrogen) atoms. The molecule has 2 heterocycles. The Bertz CT molecular complexity index is 429. The Morgan fingerprint density at radius 3 is 2.35 bits per heavy atom. The first-order valence-corrected chi connectivity index (χ1v) is 6.60. The average Bonchev–Trinajstić information content (AvgIpc) is 2.62. The van der Waals surface area contributed by atoms with Crippen molar-refractivity contribution in [2.24, 2.45) is 5.41 Å². The molecule has 0 bridgehead atoms. The number of ether oxygens (including phenoxy) is 2. The van der Waals surface area contributed by atoms with Crippen molar-refractivity contribution in [3.05, 3.63) is 0 Å². The Hall–Kier alpha value is -1.37. The normalized spacial score (nSPS) is 28.1. The Morgan fingerprint density at radius 1 is 1.25 bits per heavy atom. The number of nitrogens with one attached hydrogen (secondary N) is 1. The van der Waals surface area contributed by atoms with Crippen LogP contribution < -0.4 is 5.32 Å². The van der Waals surface area contributed by atoms with Crippen molar-refractivity contribution in [3.8, 4) is 0 Å². The second-order valence-corrected chi connectivity index (χ2v) is 6.51. The standard InChI is InChI=1S/C13H21FN2O4/c1-11(2,3)20-10(18)16-7-12(8-16)5-15-6-13(12,14)9(17)19-4/h15H,5-8H2,1-4H3/t13-/m0/s1. The fourth-order valence-electron chi connectivity index (χ4n) is 2.75. The van der Waals surface area contributed by atoms with E-state index < -0.39 is 28.7 Å². The van der Waals surface area contributed by atoms with Crippen molar-refractivity contribution in [1.29, 1.82) is 0 Å². The van der Waals surface area contributed by atoms with Gasteiger partial charge in [0.25, 0.3) is 0 Å². The Labute approximate surface area is 117 Å². The van der Waals surface area contributed by atoms with E-state index in [0.717, 1.165) is 0 Å². The van der Waals surface area contributed by atoms with Crippen molar-refractivity contribution < 1.29 is 23.5 Å². The maximum absolute atomic E-state index is 14.9. The molecule has 0 aromatic rings. The summed E-state index contributed by atoms with van der Waals surface area (Å²) in [7, 11) is 1.17. The molecule has 114 valence electrons. The van der Waals surface area contributed by atoms with Gasteiger partial charge in [0, 0.05) is 26.2 Å². The van der Waals surface area contributed by atoms with Crippen molar-refractivity contribution in [1.82, 2.24) is 10.2 Å². The highest BCUT2D eigenvalue weighted by molar-refractivity contribution is 5.83. The van der Waals surface area contributed by atoms with Crippen LogP contribution in [0.15, 0.2) is 0 Å². The molecule has 0 radical (unpaired) electrons. The molecule has 6 nitrogen and oxygen atoms in total. The number of hydrogen-bond donors (Lipinski definition) is 1. The fraction of sp³-hybridized carbons (Fsp3) is 0.846. The van der Waals surface area contributed by atoms with E-state index in [2.05, 4.69) is 10.1 Å². The SMILES string of the molecule is COC(=O)[C@@]1(F)CNCC12CN(C(=O)OC(C)(C)C)C2. The topological polar surface area (TPSA) is 67.9 Å². The molecule has 0 unspecified atom stereocenters. The molecule has 2 rings (SSSR count). The third-order valence-electron chi connectivity index (χ3n) is 3.82. The lowest BCUT2D eigenvalue weighted by molar-refractivity contribution is -0.170. The van der Waals surface area contributed by atoms with Crippen molar-refractivity contribution in [2.45, 2.75) is 32.0 Å². The maximum atomic E-state index is 14.9. The van der Waals surface area contributed by atoms with Gasteiger partial charge in [0.1, 0.15) is 5.60 Å². The average molecular weight is 288 g/mol. The largest absolute Gasteiger partial charge is 0.467 e. The van der Waals surface area contributed by atoms with Crippen LogP contribution in [-0.2, 0) is 14.3 Å². The summed E-state index contributed by atoms with van der Waals surface area (Å²) >= 11 is 0. The second-order valence-electron chi connectivity index (χ2n) is 6.51. The molecule has 1 spiro atoms. The number of likely N-dealkylation sites (tertiary alicyclic amines) is 1. The monoisotopic (exact) mass is 288 g/mol. The maximum Gasteiger partial charge on any atom is 0.410 e. The van der Waals surface area contributed by atoms with E-state index in [4.69, 9.17) is 4.74 Å².